The topological polar surface area (TPSA) is 37.3 Å². The molecule has 3 unspecified atom stereocenters. The second kappa shape index (κ2) is 6.01. The van der Waals surface area contributed by atoms with E-state index in [1.165, 1.54) is 6.42 Å². The van der Waals surface area contributed by atoms with Crippen molar-refractivity contribution in [3.63, 3.8) is 0 Å². The molecule has 2 nitrogen and oxygen atoms in total. The van der Waals surface area contributed by atoms with Crippen molar-refractivity contribution in [2.24, 2.45) is 17.8 Å². The highest BCUT2D eigenvalue weighted by Crippen LogP contribution is 2.21. The summed E-state index contributed by atoms with van der Waals surface area (Å²) in [7, 11) is 0. The lowest BCUT2D eigenvalue weighted by molar-refractivity contribution is -0.141. The van der Waals surface area contributed by atoms with Crippen LogP contribution in [-0.4, -0.2) is 11.1 Å². The van der Waals surface area contributed by atoms with E-state index < -0.39 is 5.97 Å². The highest BCUT2D eigenvalue weighted by molar-refractivity contribution is 5.69. The minimum Gasteiger partial charge on any atom is -0.481 e. The predicted molar refractivity (Wildman–Crippen MR) is 54.7 cm³/mol. The van der Waals surface area contributed by atoms with Crippen LogP contribution in [0.5, 0.6) is 0 Å². The highest BCUT2D eigenvalue weighted by atomic mass is 16.4. The third kappa shape index (κ3) is 5.67. The number of rotatable bonds is 6. The Morgan fingerprint density at radius 3 is 2.08 bits per heavy atom. The first-order valence-electron chi connectivity index (χ1n) is 5.20. The van der Waals surface area contributed by atoms with Crippen LogP contribution in [0.2, 0.25) is 0 Å². The maximum Gasteiger partial charge on any atom is 0.306 e. The zero-order valence-electron chi connectivity index (χ0n) is 9.21. The average Bonchev–Trinajstić information content (AvgIpc) is 2.03. The fourth-order valence-electron chi connectivity index (χ4n) is 1.65. The summed E-state index contributed by atoms with van der Waals surface area (Å²) in [5, 5.41) is 8.72. The van der Waals surface area contributed by atoms with E-state index in [9.17, 15) is 4.79 Å². The molecule has 3 atom stereocenters. The molecule has 0 aliphatic rings. The van der Waals surface area contributed by atoms with Crippen molar-refractivity contribution in [2.45, 2.75) is 47.0 Å². The first-order valence-corrected chi connectivity index (χ1v) is 5.20. The monoisotopic (exact) mass is 186 g/mol. The molecule has 0 amide bonds. The van der Waals surface area contributed by atoms with Gasteiger partial charge in [-0.25, -0.2) is 0 Å². The Balaban J connectivity index is 3.73. The van der Waals surface area contributed by atoms with Crippen molar-refractivity contribution in [3.05, 3.63) is 0 Å². The second-order valence-corrected chi connectivity index (χ2v) is 4.33. The molecule has 0 saturated heterocycles. The normalized spacial score (nSPS) is 17.8. The van der Waals surface area contributed by atoms with Gasteiger partial charge in [-0.1, -0.05) is 34.1 Å². The molecule has 0 aliphatic carbocycles. The average molecular weight is 186 g/mol. The third-order valence-corrected chi connectivity index (χ3v) is 2.68. The van der Waals surface area contributed by atoms with Crippen LogP contribution in [0.15, 0.2) is 0 Å². The van der Waals surface area contributed by atoms with Crippen molar-refractivity contribution in [1.82, 2.24) is 0 Å². The van der Waals surface area contributed by atoms with Crippen molar-refractivity contribution >= 4 is 5.97 Å². The summed E-state index contributed by atoms with van der Waals surface area (Å²) in [4.78, 5) is 10.6. The third-order valence-electron chi connectivity index (χ3n) is 2.68. The van der Waals surface area contributed by atoms with E-state index in [2.05, 4.69) is 20.8 Å². The van der Waals surface area contributed by atoms with Gasteiger partial charge in [-0.3, -0.25) is 4.79 Å². The lowest BCUT2D eigenvalue weighted by Gasteiger charge is -2.17. The van der Waals surface area contributed by atoms with Crippen LogP contribution in [0.4, 0.5) is 0 Å². The quantitative estimate of drug-likeness (QED) is 0.691. The molecule has 13 heavy (non-hydrogen) atoms. The number of hydrogen-bond donors (Lipinski definition) is 1. The van der Waals surface area contributed by atoms with Crippen LogP contribution in [-0.2, 0) is 4.79 Å². The van der Waals surface area contributed by atoms with Crippen molar-refractivity contribution in [1.29, 1.82) is 0 Å². The van der Waals surface area contributed by atoms with Gasteiger partial charge in [0.2, 0.25) is 0 Å². The summed E-state index contributed by atoms with van der Waals surface area (Å²) in [5.74, 6) is 0.382. The number of aliphatic carboxylic acids is 1. The summed E-state index contributed by atoms with van der Waals surface area (Å²) < 4.78 is 0. The smallest absolute Gasteiger partial charge is 0.306 e. The summed E-state index contributed by atoms with van der Waals surface area (Å²) in [6.07, 6.45) is 3.14. The molecule has 0 rings (SSSR count). The molecule has 0 aliphatic heterocycles. The summed E-state index contributed by atoms with van der Waals surface area (Å²) >= 11 is 0. The van der Waals surface area contributed by atoms with E-state index in [4.69, 9.17) is 5.11 Å². The predicted octanol–water partition coefficient (Wildman–Crippen LogP) is 3.17. The Bertz CT molecular complexity index is 154. The second-order valence-electron chi connectivity index (χ2n) is 4.33. The highest BCUT2D eigenvalue weighted by Gasteiger charge is 2.16. The lowest BCUT2D eigenvalue weighted by atomic mass is 9.89. The number of carbonyl (C=O) groups is 1. The van der Waals surface area contributed by atoms with Crippen LogP contribution in [0, 0.1) is 17.8 Å². The summed E-state index contributed by atoms with van der Waals surface area (Å²) in [5.41, 5.74) is 0. The van der Waals surface area contributed by atoms with Gasteiger partial charge in [-0.2, -0.15) is 0 Å². The molecule has 0 aromatic carbocycles. The fraction of sp³-hybridized carbons (Fsp3) is 0.909. The van der Waals surface area contributed by atoms with E-state index in [1.807, 2.05) is 0 Å². The van der Waals surface area contributed by atoms with Crippen LogP contribution in [0.3, 0.4) is 0 Å². The van der Waals surface area contributed by atoms with E-state index >= 15 is 0 Å². The Labute approximate surface area is 81.3 Å². The minimum absolute atomic E-state index is 0.195. The maximum absolute atomic E-state index is 10.6. The van der Waals surface area contributed by atoms with Gasteiger partial charge in [0, 0.05) is 0 Å². The minimum atomic E-state index is -0.670. The summed E-state index contributed by atoms with van der Waals surface area (Å²) in [6.45, 7) is 8.33. The molecule has 0 bridgehead atoms. The first kappa shape index (κ1) is 12.5. The number of hydrogen-bond acceptors (Lipinski definition) is 1. The number of carboxylic acid groups (broad SMARTS) is 1. The van der Waals surface area contributed by atoms with Gasteiger partial charge in [0.25, 0.3) is 0 Å². The molecular formula is C11H22O2. The molecular weight excluding hydrogens is 164 g/mol. The molecule has 0 saturated carbocycles. The van der Waals surface area contributed by atoms with Gasteiger partial charge in [0.05, 0.1) is 5.92 Å². The standard InChI is InChI=1S/C11H22O2/c1-5-8(2)6-9(3)7-10(4)11(12)13/h8-10H,5-7H2,1-4H3,(H,12,13). The SMILES string of the molecule is CCC(C)CC(C)CC(C)C(=O)O. The Kier molecular flexibility index (Phi) is 5.76. The maximum atomic E-state index is 10.6. The molecule has 78 valence electrons. The Morgan fingerprint density at radius 1 is 1.15 bits per heavy atom. The zero-order chi connectivity index (χ0) is 10.4. The zero-order valence-corrected chi connectivity index (χ0v) is 9.21. The van der Waals surface area contributed by atoms with Gasteiger partial charge in [-0.05, 0) is 24.7 Å². The van der Waals surface area contributed by atoms with Crippen LogP contribution < -0.4 is 0 Å². The van der Waals surface area contributed by atoms with Crippen LogP contribution >= 0.6 is 0 Å². The molecule has 0 aromatic heterocycles. The van der Waals surface area contributed by atoms with E-state index in [1.54, 1.807) is 6.92 Å². The lowest BCUT2D eigenvalue weighted by Crippen LogP contribution is -2.14. The van der Waals surface area contributed by atoms with Crippen molar-refractivity contribution in [3.8, 4) is 0 Å². The van der Waals surface area contributed by atoms with Crippen LogP contribution in [0.25, 0.3) is 0 Å². The molecule has 0 radical (unpaired) electrons. The van der Waals surface area contributed by atoms with E-state index in [-0.39, 0.29) is 5.92 Å². The van der Waals surface area contributed by atoms with Crippen molar-refractivity contribution < 1.29 is 9.90 Å². The van der Waals surface area contributed by atoms with E-state index in [0.717, 1.165) is 18.8 Å². The van der Waals surface area contributed by atoms with Gasteiger partial charge >= 0.3 is 5.97 Å². The molecule has 0 fully saturated rings. The van der Waals surface area contributed by atoms with Gasteiger partial charge in [0.1, 0.15) is 0 Å². The molecule has 2 heteroatoms. The number of carboxylic acids is 1. The molecule has 0 heterocycles. The first-order chi connectivity index (χ1) is 5.97. The fourth-order valence-corrected chi connectivity index (χ4v) is 1.65. The molecule has 1 N–H and O–H groups in total. The molecule has 0 aromatic rings. The molecule has 0 spiro atoms. The van der Waals surface area contributed by atoms with Gasteiger partial charge in [0.15, 0.2) is 0 Å². The Morgan fingerprint density at radius 2 is 1.69 bits per heavy atom. The van der Waals surface area contributed by atoms with Crippen molar-refractivity contribution in [2.75, 3.05) is 0 Å². The van der Waals surface area contributed by atoms with E-state index in [0.29, 0.717) is 5.92 Å². The van der Waals surface area contributed by atoms with Gasteiger partial charge < -0.3 is 5.11 Å². The van der Waals surface area contributed by atoms with Gasteiger partial charge in [-0.15, -0.1) is 0 Å². The largest absolute Gasteiger partial charge is 0.481 e. The summed E-state index contributed by atoms with van der Waals surface area (Å²) in [6, 6.07) is 0. The Hall–Kier alpha value is -0.530. The van der Waals surface area contributed by atoms with Crippen LogP contribution in [0.1, 0.15) is 47.0 Å².